The molecular weight excluding hydrogens is 182 g/mol. The summed E-state index contributed by atoms with van der Waals surface area (Å²) in [4.78, 5) is 0. The van der Waals surface area contributed by atoms with E-state index in [4.69, 9.17) is 0 Å². The quantitative estimate of drug-likeness (QED) is 0.502. The first-order chi connectivity index (χ1) is 7.35. The van der Waals surface area contributed by atoms with Crippen molar-refractivity contribution in [2.24, 2.45) is 5.92 Å². The maximum atomic E-state index is 3.20. The Kier molecular flexibility index (Phi) is 12.0. The zero-order valence-corrected chi connectivity index (χ0v) is 11.1. The van der Waals surface area contributed by atoms with E-state index in [1.165, 1.54) is 64.3 Å². The Bertz CT molecular complexity index is 108. The first-order valence-corrected chi connectivity index (χ1v) is 6.99. The van der Waals surface area contributed by atoms with Crippen LogP contribution in [-0.4, -0.2) is 13.6 Å². The highest BCUT2D eigenvalue weighted by atomic mass is 14.8. The van der Waals surface area contributed by atoms with Gasteiger partial charge in [-0.25, -0.2) is 0 Å². The van der Waals surface area contributed by atoms with Gasteiger partial charge in [-0.3, -0.25) is 0 Å². The molecule has 15 heavy (non-hydrogen) atoms. The first-order valence-electron chi connectivity index (χ1n) is 6.99. The summed E-state index contributed by atoms with van der Waals surface area (Å²) < 4.78 is 0. The highest BCUT2D eigenvalue weighted by Crippen LogP contribution is 2.17. The van der Waals surface area contributed by atoms with E-state index < -0.39 is 0 Å². The van der Waals surface area contributed by atoms with Crippen molar-refractivity contribution >= 4 is 0 Å². The minimum absolute atomic E-state index is 0.995. The predicted molar refractivity (Wildman–Crippen MR) is 70.3 cm³/mol. The Morgan fingerprint density at radius 3 is 1.87 bits per heavy atom. The fourth-order valence-corrected chi connectivity index (χ4v) is 2.14. The largest absolute Gasteiger partial charge is 0.320 e. The van der Waals surface area contributed by atoms with Crippen molar-refractivity contribution in [3.05, 3.63) is 0 Å². The normalized spacial score (nSPS) is 11.2. The second-order valence-electron chi connectivity index (χ2n) is 4.70. The zero-order valence-electron chi connectivity index (χ0n) is 11.1. The minimum Gasteiger partial charge on any atom is -0.320 e. The lowest BCUT2D eigenvalue weighted by Gasteiger charge is -2.11. The molecule has 0 radical (unpaired) electrons. The van der Waals surface area contributed by atoms with Crippen LogP contribution in [0.2, 0.25) is 0 Å². The molecule has 0 spiro atoms. The molecule has 0 rings (SSSR count). The first kappa shape index (κ1) is 15.0. The summed E-state index contributed by atoms with van der Waals surface area (Å²) in [5.41, 5.74) is 0. The average molecular weight is 213 g/mol. The Morgan fingerprint density at radius 1 is 0.800 bits per heavy atom. The Hall–Kier alpha value is -0.0400. The molecule has 0 bridgehead atoms. The van der Waals surface area contributed by atoms with E-state index in [9.17, 15) is 0 Å². The second-order valence-corrected chi connectivity index (χ2v) is 4.70. The van der Waals surface area contributed by atoms with Crippen LogP contribution < -0.4 is 5.32 Å². The van der Waals surface area contributed by atoms with Gasteiger partial charge >= 0.3 is 0 Å². The van der Waals surface area contributed by atoms with Crippen LogP contribution in [0.5, 0.6) is 0 Å². The van der Waals surface area contributed by atoms with Gasteiger partial charge in [-0.05, 0) is 25.9 Å². The van der Waals surface area contributed by atoms with Crippen LogP contribution in [0.25, 0.3) is 0 Å². The van der Waals surface area contributed by atoms with Gasteiger partial charge in [0.1, 0.15) is 0 Å². The second kappa shape index (κ2) is 12.0. The number of hydrogen-bond acceptors (Lipinski definition) is 1. The summed E-state index contributed by atoms with van der Waals surface area (Å²) in [7, 11) is 2.04. The fraction of sp³-hybridized carbons (Fsp3) is 1.00. The van der Waals surface area contributed by atoms with Crippen LogP contribution in [0, 0.1) is 5.92 Å². The molecule has 0 aromatic rings. The van der Waals surface area contributed by atoms with Crippen molar-refractivity contribution in [2.75, 3.05) is 13.6 Å². The third kappa shape index (κ3) is 10.2. The molecule has 1 heteroatoms. The lowest BCUT2D eigenvalue weighted by molar-refractivity contribution is 0.426. The fourth-order valence-electron chi connectivity index (χ4n) is 2.14. The third-order valence-electron chi connectivity index (χ3n) is 3.44. The highest BCUT2D eigenvalue weighted by Gasteiger charge is 2.01. The van der Waals surface area contributed by atoms with E-state index in [2.05, 4.69) is 19.2 Å². The lowest BCUT2D eigenvalue weighted by Crippen LogP contribution is -2.06. The van der Waals surface area contributed by atoms with Gasteiger partial charge in [0, 0.05) is 0 Å². The molecule has 0 fully saturated rings. The van der Waals surface area contributed by atoms with Crippen LogP contribution in [0.3, 0.4) is 0 Å². The van der Waals surface area contributed by atoms with Crippen molar-refractivity contribution in [1.29, 1.82) is 0 Å². The molecule has 0 aromatic carbocycles. The number of hydrogen-bond donors (Lipinski definition) is 1. The smallest absolute Gasteiger partial charge is 0.00519 e. The van der Waals surface area contributed by atoms with Gasteiger partial charge in [-0.15, -0.1) is 0 Å². The number of nitrogens with one attached hydrogen (secondary N) is 1. The van der Waals surface area contributed by atoms with Gasteiger partial charge in [0.05, 0.1) is 0 Å². The summed E-state index contributed by atoms with van der Waals surface area (Å²) in [6, 6.07) is 0. The van der Waals surface area contributed by atoms with E-state index in [0.29, 0.717) is 0 Å². The summed E-state index contributed by atoms with van der Waals surface area (Å²) in [6.45, 7) is 5.84. The summed E-state index contributed by atoms with van der Waals surface area (Å²) >= 11 is 0. The van der Waals surface area contributed by atoms with Crippen LogP contribution in [0.1, 0.15) is 71.6 Å². The number of unbranched alkanes of at least 4 members (excludes halogenated alkanes) is 5. The maximum Gasteiger partial charge on any atom is -0.00519 e. The Balaban J connectivity index is 3.04. The molecule has 0 saturated carbocycles. The van der Waals surface area contributed by atoms with E-state index in [0.717, 1.165) is 5.92 Å². The molecule has 92 valence electrons. The minimum atomic E-state index is 0.995. The molecule has 1 nitrogen and oxygen atoms in total. The topological polar surface area (TPSA) is 12.0 Å². The van der Waals surface area contributed by atoms with Crippen molar-refractivity contribution in [2.45, 2.75) is 71.6 Å². The van der Waals surface area contributed by atoms with Gasteiger partial charge in [0.2, 0.25) is 0 Å². The third-order valence-corrected chi connectivity index (χ3v) is 3.44. The van der Waals surface area contributed by atoms with Gasteiger partial charge in [-0.1, -0.05) is 65.2 Å². The molecule has 1 N–H and O–H groups in total. The van der Waals surface area contributed by atoms with Crippen molar-refractivity contribution < 1.29 is 0 Å². The van der Waals surface area contributed by atoms with Gasteiger partial charge < -0.3 is 5.32 Å². The van der Waals surface area contributed by atoms with E-state index >= 15 is 0 Å². The average Bonchev–Trinajstić information content (AvgIpc) is 2.27. The van der Waals surface area contributed by atoms with Crippen molar-refractivity contribution in [3.63, 3.8) is 0 Å². The molecule has 0 unspecified atom stereocenters. The van der Waals surface area contributed by atoms with E-state index in [1.807, 2.05) is 7.05 Å². The number of rotatable bonds is 11. The van der Waals surface area contributed by atoms with Gasteiger partial charge in [-0.2, -0.15) is 0 Å². The van der Waals surface area contributed by atoms with Gasteiger partial charge in [0.15, 0.2) is 0 Å². The summed E-state index contributed by atoms with van der Waals surface area (Å²) in [5, 5.41) is 3.20. The molecule has 0 heterocycles. The molecular formula is C14H31N. The molecule has 0 aliphatic rings. The van der Waals surface area contributed by atoms with Gasteiger partial charge in [0.25, 0.3) is 0 Å². The van der Waals surface area contributed by atoms with Crippen LogP contribution in [-0.2, 0) is 0 Å². The molecule has 0 aliphatic carbocycles. The van der Waals surface area contributed by atoms with Crippen LogP contribution in [0.15, 0.2) is 0 Å². The predicted octanol–water partition coefficient (Wildman–Crippen LogP) is 4.37. The van der Waals surface area contributed by atoms with Crippen LogP contribution >= 0.6 is 0 Å². The molecule has 0 atom stereocenters. The Morgan fingerprint density at radius 2 is 1.33 bits per heavy atom. The zero-order chi connectivity index (χ0) is 11.4. The maximum absolute atomic E-state index is 3.20. The van der Waals surface area contributed by atoms with E-state index in [-0.39, 0.29) is 0 Å². The van der Waals surface area contributed by atoms with Crippen molar-refractivity contribution in [3.8, 4) is 0 Å². The molecule has 0 aromatic heterocycles. The van der Waals surface area contributed by atoms with Crippen molar-refractivity contribution in [1.82, 2.24) is 5.32 Å². The monoisotopic (exact) mass is 213 g/mol. The molecule has 0 aliphatic heterocycles. The standard InChI is InChI=1S/C14H31N/c1-4-14(5-2)12-10-8-6-7-9-11-13-15-3/h14-15H,4-13H2,1-3H3. The van der Waals surface area contributed by atoms with Crippen LogP contribution in [0.4, 0.5) is 0 Å². The molecule has 0 saturated heterocycles. The highest BCUT2D eigenvalue weighted by molar-refractivity contribution is 4.55. The Labute approximate surface area is 97.0 Å². The summed E-state index contributed by atoms with van der Waals surface area (Å²) in [5.74, 6) is 0.995. The summed E-state index contributed by atoms with van der Waals surface area (Å²) in [6.07, 6.45) is 12.8. The lowest BCUT2D eigenvalue weighted by atomic mass is 9.96. The van der Waals surface area contributed by atoms with E-state index in [1.54, 1.807) is 0 Å². The molecule has 0 amide bonds. The SMILES string of the molecule is CCC(CC)CCCCCCCCNC.